The van der Waals surface area contributed by atoms with Crippen LogP contribution in [0.5, 0.6) is 0 Å². The average molecular weight is 254 g/mol. The summed E-state index contributed by atoms with van der Waals surface area (Å²) in [6.07, 6.45) is 4.10. The Bertz CT molecular complexity index is 697. The summed E-state index contributed by atoms with van der Waals surface area (Å²) in [6, 6.07) is 7.89. The summed E-state index contributed by atoms with van der Waals surface area (Å²) in [5.74, 6) is 0. The van der Waals surface area contributed by atoms with Crippen molar-refractivity contribution in [3.05, 3.63) is 52.0 Å². The number of benzene rings is 1. The highest BCUT2D eigenvalue weighted by molar-refractivity contribution is 5.94. The molecule has 0 spiro atoms. The molecule has 2 heterocycles. The SMILES string of the molecule is CCc1[nH]c(=O)c2ccccc2c1C1=CCNCC1. The van der Waals surface area contributed by atoms with E-state index in [4.69, 9.17) is 0 Å². The van der Waals surface area contributed by atoms with E-state index >= 15 is 0 Å². The number of aromatic amines is 1. The fraction of sp³-hybridized carbons (Fsp3) is 0.312. The molecule has 98 valence electrons. The van der Waals surface area contributed by atoms with Crippen molar-refractivity contribution in [1.82, 2.24) is 10.3 Å². The molecule has 0 fully saturated rings. The van der Waals surface area contributed by atoms with Gasteiger partial charge in [0.05, 0.1) is 0 Å². The zero-order valence-corrected chi connectivity index (χ0v) is 11.1. The fourth-order valence-corrected chi connectivity index (χ4v) is 2.81. The van der Waals surface area contributed by atoms with Crippen LogP contribution in [0.15, 0.2) is 35.1 Å². The average Bonchev–Trinajstić information content (AvgIpc) is 2.48. The number of hydrogen-bond acceptors (Lipinski definition) is 2. The lowest BCUT2D eigenvalue weighted by Crippen LogP contribution is -2.21. The quantitative estimate of drug-likeness (QED) is 0.864. The second kappa shape index (κ2) is 5.02. The molecule has 2 aromatic rings. The van der Waals surface area contributed by atoms with Crippen LogP contribution in [0, 0.1) is 0 Å². The highest BCUT2D eigenvalue weighted by Crippen LogP contribution is 2.28. The van der Waals surface area contributed by atoms with Gasteiger partial charge in [-0.15, -0.1) is 0 Å². The van der Waals surface area contributed by atoms with E-state index in [2.05, 4.69) is 29.4 Å². The van der Waals surface area contributed by atoms with Gasteiger partial charge in [-0.3, -0.25) is 4.79 Å². The Morgan fingerprint density at radius 3 is 2.68 bits per heavy atom. The molecule has 0 saturated heterocycles. The van der Waals surface area contributed by atoms with E-state index < -0.39 is 0 Å². The minimum atomic E-state index is 0.0192. The summed E-state index contributed by atoms with van der Waals surface area (Å²) >= 11 is 0. The molecule has 0 bridgehead atoms. The molecule has 3 heteroatoms. The molecule has 0 atom stereocenters. The smallest absolute Gasteiger partial charge is 0.256 e. The van der Waals surface area contributed by atoms with Crippen molar-refractivity contribution in [2.45, 2.75) is 19.8 Å². The lowest BCUT2D eigenvalue weighted by Gasteiger charge is -2.18. The summed E-state index contributed by atoms with van der Waals surface area (Å²) < 4.78 is 0. The van der Waals surface area contributed by atoms with E-state index in [1.165, 1.54) is 11.1 Å². The van der Waals surface area contributed by atoms with Crippen LogP contribution >= 0.6 is 0 Å². The first-order valence-electron chi connectivity index (χ1n) is 6.85. The lowest BCUT2D eigenvalue weighted by molar-refractivity contribution is 0.738. The summed E-state index contributed by atoms with van der Waals surface area (Å²) in [5, 5.41) is 5.20. The third-order valence-electron chi connectivity index (χ3n) is 3.75. The molecule has 1 aromatic carbocycles. The van der Waals surface area contributed by atoms with Crippen LogP contribution in [0.3, 0.4) is 0 Å². The molecule has 1 aromatic heterocycles. The van der Waals surface area contributed by atoms with Crippen molar-refractivity contribution in [2.75, 3.05) is 13.1 Å². The third kappa shape index (κ3) is 2.10. The maximum absolute atomic E-state index is 12.1. The Morgan fingerprint density at radius 1 is 1.21 bits per heavy atom. The molecular formula is C16H18N2O. The molecule has 0 saturated carbocycles. The highest BCUT2D eigenvalue weighted by Gasteiger charge is 2.15. The zero-order chi connectivity index (χ0) is 13.2. The van der Waals surface area contributed by atoms with Crippen molar-refractivity contribution in [3.63, 3.8) is 0 Å². The van der Waals surface area contributed by atoms with E-state index in [0.717, 1.165) is 42.4 Å². The Kier molecular flexibility index (Phi) is 3.22. The highest BCUT2D eigenvalue weighted by atomic mass is 16.1. The van der Waals surface area contributed by atoms with E-state index in [9.17, 15) is 4.79 Å². The third-order valence-corrected chi connectivity index (χ3v) is 3.75. The number of aryl methyl sites for hydroxylation is 1. The Hall–Kier alpha value is -1.87. The van der Waals surface area contributed by atoms with Gasteiger partial charge < -0.3 is 10.3 Å². The maximum Gasteiger partial charge on any atom is 0.256 e. The number of nitrogens with one attached hydrogen (secondary N) is 2. The maximum atomic E-state index is 12.1. The van der Waals surface area contributed by atoms with Crippen LogP contribution in [0.4, 0.5) is 0 Å². The van der Waals surface area contributed by atoms with Gasteiger partial charge in [-0.25, -0.2) is 0 Å². The van der Waals surface area contributed by atoms with Crippen LogP contribution in [-0.2, 0) is 6.42 Å². The predicted octanol–water partition coefficient (Wildman–Crippen LogP) is 2.47. The Balaban J connectivity index is 2.34. The second-order valence-electron chi connectivity index (χ2n) is 4.89. The molecule has 3 rings (SSSR count). The molecule has 1 aliphatic rings. The van der Waals surface area contributed by atoms with Crippen LogP contribution in [0.25, 0.3) is 16.3 Å². The molecule has 1 aliphatic heterocycles. The Morgan fingerprint density at radius 2 is 2.00 bits per heavy atom. The predicted molar refractivity (Wildman–Crippen MR) is 79.4 cm³/mol. The van der Waals surface area contributed by atoms with Gasteiger partial charge in [0.25, 0.3) is 5.56 Å². The molecule has 0 unspecified atom stereocenters. The molecule has 0 aliphatic carbocycles. The summed E-state index contributed by atoms with van der Waals surface area (Å²) in [6.45, 7) is 4.00. The second-order valence-corrected chi connectivity index (χ2v) is 4.89. The first kappa shape index (κ1) is 12.2. The van der Waals surface area contributed by atoms with E-state index in [1.807, 2.05) is 18.2 Å². The zero-order valence-electron chi connectivity index (χ0n) is 11.1. The van der Waals surface area contributed by atoms with Crippen molar-refractivity contribution >= 4 is 16.3 Å². The van der Waals surface area contributed by atoms with Crippen molar-refractivity contribution in [1.29, 1.82) is 0 Å². The lowest BCUT2D eigenvalue weighted by atomic mass is 9.93. The first-order chi connectivity index (χ1) is 9.31. The van der Waals surface area contributed by atoms with Gasteiger partial charge in [0.2, 0.25) is 0 Å². The van der Waals surface area contributed by atoms with Crippen molar-refractivity contribution < 1.29 is 0 Å². The van der Waals surface area contributed by atoms with Gasteiger partial charge >= 0.3 is 0 Å². The molecule has 0 amide bonds. The van der Waals surface area contributed by atoms with E-state index in [1.54, 1.807) is 0 Å². The summed E-state index contributed by atoms with van der Waals surface area (Å²) in [7, 11) is 0. The van der Waals surface area contributed by atoms with Crippen LogP contribution < -0.4 is 10.9 Å². The largest absolute Gasteiger partial charge is 0.325 e. The molecule has 0 radical (unpaired) electrons. The van der Waals surface area contributed by atoms with Crippen LogP contribution in [-0.4, -0.2) is 18.1 Å². The van der Waals surface area contributed by atoms with Gasteiger partial charge in [-0.05, 0) is 36.4 Å². The van der Waals surface area contributed by atoms with E-state index in [-0.39, 0.29) is 5.56 Å². The van der Waals surface area contributed by atoms with Gasteiger partial charge in [0.15, 0.2) is 0 Å². The van der Waals surface area contributed by atoms with E-state index in [0.29, 0.717) is 0 Å². The topological polar surface area (TPSA) is 44.9 Å². The van der Waals surface area contributed by atoms with Gasteiger partial charge in [-0.2, -0.15) is 0 Å². The van der Waals surface area contributed by atoms with Crippen LogP contribution in [0.1, 0.15) is 24.6 Å². The summed E-state index contributed by atoms with van der Waals surface area (Å²) in [4.78, 5) is 15.2. The monoisotopic (exact) mass is 254 g/mol. The van der Waals surface area contributed by atoms with Gasteiger partial charge in [-0.1, -0.05) is 31.2 Å². The number of hydrogen-bond donors (Lipinski definition) is 2. The molecule has 3 nitrogen and oxygen atoms in total. The number of H-pyrrole nitrogens is 1. The summed E-state index contributed by atoms with van der Waals surface area (Å²) in [5.41, 5.74) is 3.66. The van der Waals surface area contributed by atoms with Crippen LogP contribution in [0.2, 0.25) is 0 Å². The van der Waals surface area contributed by atoms with Crippen molar-refractivity contribution in [2.24, 2.45) is 0 Å². The number of rotatable bonds is 2. The fourth-order valence-electron chi connectivity index (χ4n) is 2.81. The minimum absolute atomic E-state index is 0.0192. The molecule has 19 heavy (non-hydrogen) atoms. The standard InChI is InChI=1S/C16H18N2O/c1-2-14-15(11-7-9-17-10-8-11)12-5-3-4-6-13(12)16(19)18-14/h3-7,17H,2,8-10H2,1H3,(H,18,19). The normalized spacial score (nSPS) is 15.5. The first-order valence-corrected chi connectivity index (χ1v) is 6.85. The minimum Gasteiger partial charge on any atom is -0.325 e. The van der Waals surface area contributed by atoms with Gasteiger partial charge in [0, 0.05) is 23.2 Å². The number of fused-ring (bicyclic) bond motifs is 1. The molecular weight excluding hydrogens is 236 g/mol. The number of pyridine rings is 1. The Labute approximate surface area is 112 Å². The van der Waals surface area contributed by atoms with Gasteiger partial charge in [0.1, 0.15) is 0 Å². The number of aromatic nitrogens is 1. The molecule has 2 N–H and O–H groups in total. The van der Waals surface area contributed by atoms with Crippen molar-refractivity contribution in [3.8, 4) is 0 Å².